The highest BCUT2D eigenvalue weighted by molar-refractivity contribution is 5.71. The van der Waals surface area contributed by atoms with Crippen molar-refractivity contribution in [2.45, 2.75) is 271 Å². The van der Waals surface area contributed by atoms with Crippen LogP contribution in [0.25, 0.3) is 0 Å². The van der Waals surface area contributed by atoms with Gasteiger partial charge < -0.3 is 14.2 Å². The molecule has 0 saturated carbocycles. The normalized spacial score (nSPS) is 11.3. The van der Waals surface area contributed by atoms with Crippen LogP contribution >= 0.6 is 0 Å². The SMILES string of the molecule is CCCCCCCCCCCCCCCCC[13C](=O)OCC(CO[13C](=O)CCCCCCCCCCCCCCCCC)O[13C](=O)CCCCCCC. The number of carbonyl (C=O) groups excluding carboxylic acids is 3. The summed E-state index contributed by atoms with van der Waals surface area (Å²) in [5.74, 6) is -0.864. The van der Waals surface area contributed by atoms with Gasteiger partial charge >= 0.3 is 17.9 Å². The minimum atomic E-state index is -0.756. The lowest BCUT2D eigenvalue weighted by atomic mass is 10.0. The van der Waals surface area contributed by atoms with Crippen LogP contribution in [-0.4, -0.2) is 37.2 Å². The molecule has 0 fully saturated rings. The zero-order chi connectivity index (χ0) is 38.7. The third-order valence-electron chi connectivity index (χ3n) is 10.6. The Morgan fingerprint density at radius 2 is 0.509 bits per heavy atom. The number of esters is 3. The molecule has 53 heavy (non-hydrogen) atoms. The fourth-order valence-corrected chi connectivity index (χ4v) is 7.03. The van der Waals surface area contributed by atoms with E-state index in [0.717, 1.165) is 64.2 Å². The summed E-state index contributed by atoms with van der Waals surface area (Å²) < 4.78 is 16.6. The molecule has 0 aromatic carbocycles. The Bertz CT molecular complexity index is 733. The minimum absolute atomic E-state index is 0.0641. The van der Waals surface area contributed by atoms with Gasteiger partial charge in [0.05, 0.1) is 0 Å². The average Bonchev–Trinajstić information content (AvgIpc) is 3.15. The molecule has 0 saturated heterocycles. The summed E-state index contributed by atoms with van der Waals surface area (Å²) in [7, 11) is 0. The van der Waals surface area contributed by atoms with Gasteiger partial charge in [-0.05, 0) is 19.3 Å². The second kappa shape index (κ2) is 43.1. The lowest BCUT2D eigenvalue weighted by molar-refractivity contribution is -0.167. The predicted octanol–water partition coefficient (Wildman–Crippen LogP) is 14.9. The maximum Gasteiger partial charge on any atom is 0.306 e. The van der Waals surface area contributed by atoms with Gasteiger partial charge in [-0.25, -0.2) is 0 Å². The number of carbonyl (C=O) groups is 3. The molecular formula is C47H90O6. The summed E-state index contributed by atoms with van der Waals surface area (Å²) in [6.07, 6.45) is 44.0. The maximum atomic E-state index is 12.5. The van der Waals surface area contributed by atoms with Gasteiger partial charge in [-0.1, -0.05) is 226 Å². The van der Waals surface area contributed by atoms with Gasteiger partial charge in [-0.3, -0.25) is 14.4 Å². The molecule has 0 aliphatic heterocycles. The molecule has 0 aliphatic rings. The first kappa shape index (κ1) is 51.4. The summed E-state index contributed by atoms with van der Waals surface area (Å²) in [4.78, 5) is 37.5. The van der Waals surface area contributed by atoms with Crippen LogP contribution in [0.4, 0.5) is 0 Å². The average molecular weight is 754 g/mol. The molecular weight excluding hydrogens is 663 g/mol. The van der Waals surface area contributed by atoms with Crippen LogP contribution in [0.2, 0.25) is 0 Å². The monoisotopic (exact) mass is 754 g/mol. The summed E-state index contributed by atoms with van der Waals surface area (Å²) in [6.45, 7) is 6.58. The van der Waals surface area contributed by atoms with Crippen LogP contribution in [0.3, 0.4) is 0 Å². The fourth-order valence-electron chi connectivity index (χ4n) is 7.03. The van der Waals surface area contributed by atoms with Gasteiger partial charge in [0.1, 0.15) is 13.2 Å². The number of ether oxygens (including phenoxy) is 3. The molecule has 0 radical (unpaired) electrons. The lowest BCUT2D eigenvalue weighted by Gasteiger charge is -2.18. The van der Waals surface area contributed by atoms with Gasteiger partial charge in [0.15, 0.2) is 6.10 Å². The third kappa shape index (κ3) is 41.4. The molecule has 0 aromatic heterocycles. The van der Waals surface area contributed by atoms with E-state index in [-0.39, 0.29) is 31.1 Å². The van der Waals surface area contributed by atoms with Gasteiger partial charge in [0, 0.05) is 19.3 Å². The van der Waals surface area contributed by atoms with Crippen molar-refractivity contribution in [2.24, 2.45) is 0 Å². The van der Waals surface area contributed by atoms with E-state index in [0.29, 0.717) is 19.3 Å². The quantitative estimate of drug-likeness (QED) is 0.0267. The summed E-state index contributed by atoms with van der Waals surface area (Å²) in [6, 6.07) is 0. The smallest absolute Gasteiger partial charge is 0.306 e. The molecule has 0 rings (SSSR count). The molecule has 0 N–H and O–H groups in total. The first-order chi connectivity index (χ1) is 26.0. The Labute approximate surface area is 329 Å². The number of unbranched alkanes of at least 4 members (excludes halogenated alkanes) is 32. The van der Waals surface area contributed by atoms with Crippen LogP contribution < -0.4 is 0 Å². The Morgan fingerprint density at radius 1 is 0.302 bits per heavy atom. The van der Waals surface area contributed by atoms with Gasteiger partial charge in [0.25, 0.3) is 0 Å². The molecule has 0 unspecified atom stereocenters. The van der Waals surface area contributed by atoms with E-state index >= 15 is 0 Å². The number of hydrogen-bond donors (Lipinski definition) is 0. The first-order valence-corrected chi connectivity index (χ1v) is 23.5. The Kier molecular flexibility index (Phi) is 41.8. The number of hydrogen-bond acceptors (Lipinski definition) is 6. The van der Waals surface area contributed by atoms with Crippen molar-refractivity contribution in [3.63, 3.8) is 0 Å². The molecule has 6 heteroatoms. The first-order valence-electron chi connectivity index (χ1n) is 23.5. The van der Waals surface area contributed by atoms with E-state index in [9.17, 15) is 14.4 Å². The molecule has 0 bridgehead atoms. The molecule has 314 valence electrons. The van der Waals surface area contributed by atoms with Crippen molar-refractivity contribution in [3.8, 4) is 0 Å². The molecule has 0 amide bonds. The zero-order valence-electron chi connectivity index (χ0n) is 35.8. The topological polar surface area (TPSA) is 78.9 Å². The van der Waals surface area contributed by atoms with Crippen molar-refractivity contribution in [1.29, 1.82) is 0 Å². The highest BCUT2D eigenvalue weighted by atomic mass is 16.7. The van der Waals surface area contributed by atoms with Gasteiger partial charge in [0.2, 0.25) is 0 Å². The van der Waals surface area contributed by atoms with Crippen molar-refractivity contribution >= 4 is 17.9 Å². The molecule has 0 aliphatic carbocycles. The van der Waals surface area contributed by atoms with Crippen LogP contribution in [-0.2, 0) is 28.6 Å². The molecule has 0 aromatic rings. The summed E-state index contributed by atoms with van der Waals surface area (Å²) >= 11 is 0. The standard InChI is InChI=1S/C47H90O6/c1-4-7-10-13-15-17-19-21-23-25-27-29-31-34-36-39-45(48)51-42-44(53-47(50)41-38-33-12-9-6-3)43-52-46(49)40-37-35-32-30-28-26-24-22-20-18-16-14-11-8-5-2/h44H,4-43H2,1-3H3/i45+1,46+1,47+1. The third-order valence-corrected chi connectivity index (χ3v) is 10.6. The van der Waals surface area contributed by atoms with Gasteiger partial charge in [-0.15, -0.1) is 0 Å². The van der Waals surface area contributed by atoms with Crippen LogP contribution in [0, 0.1) is 0 Å². The van der Waals surface area contributed by atoms with Crippen LogP contribution in [0.1, 0.15) is 265 Å². The predicted molar refractivity (Wildman–Crippen MR) is 224 cm³/mol. The van der Waals surface area contributed by atoms with E-state index in [4.69, 9.17) is 14.2 Å². The van der Waals surface area contributed by atoms with Crippen LogP contribution in [0.5, 0.6) is 0 Å². The second-order valence-electron chi connectivity index (χ2n) is 16.0. The largest absolute Gasteiger partial charge is 0.462 e. The second-order valence-corrected chi connectivity index (χ2v) is 16.0. The Morgan fingerprint density at radius 3 is 0.755 bits per heavy atom. The maximum absolute atomic E-state index is 12.5. The van der Waals surface area contributed by atoms with Crippen molar-refractivity contribution in [1.82, 2.24) is 0 Å². The van der Waals surface area contributed by atoms with Crippen molar-refractivity contribution in [3.05, 3.63) is 0 Å². The van der Waals surface area contributed by atoms with E-state index in [1.54, 1.807) is 0 Å². The van der Waals surface area contributed by atoms with E-state index in [1.165, 1.54) is 161 Å². The van der Waals surface area contributed by atoms with Gasteiger partial charge in [-0.2, -0.15) is 0 Å². The Hall–Kier alpha value is -1.59. The highest BCUT2D eigenvalue weighted by Gasteiger charge is 2.19. The minimum Gasteiger partial charge on any atom is -0.462 e. The number of rotatable bonds is 43. The van der Waals surface area contributed by atoms with E-state index in [1.807, 2.05) is 0 Å². The lowest BCUT2D eigenvalue weighted by Crippen LogP contribution is -2.30. The van der Waals surface area contributed by atoms with E-state index < -0.39 is 6.10 Å². The summed E-state index contributed by atoms with van der Waals surface area (Å²) in [5, 5.41) is 0. The molecule has 0 atom stereocenters. The molecule has 0 heterocycles. The zero-order valence-corrected chi connectivity index (χ0v) is 35.8. The van der Waals surface area contributed by atoms with Crippen LogP contribution in [0.15, 0.2) is 0 Å². The van der Waals surface area contributed by atoms with E-state index in [2.05, 4.69) is 20.8 Å². The van der Waals surface area contributed by atoms with Crippen molar-refractivity contribution < 1.29 is 28.6 Å². The summed E-state index contributed by atoms with van der Waals surface area (Å²) in [5.41, 5.74) is 0. The molecule has 0 spiro atoms. The fraction of sp³-hybridized carbons (Fsp3) is 0.936. The molecule has 6 nitrogen and oxygen atoms in total. The Balaban J connectivity index is 4.10. The highest BCUT2D eigenvalue weighted by Crippen LogP contribution is 2.16. The van der Waals surface area contributed by atoms with Crippen molar-refractivity contribution in [2.75, 3.05) is 13.2 Å².